The fourth-order valence-electron chi connectivity index (χ4n) is 3.42. The van der Waals surface area contributed by atoms with Crippen molar-refractivity contribution in [2.75, 3.05) is 6.54 Å². The summed E-state index contributed by atoms with van der Waals surface area (Å²) in [7, 11) is 0. The van der Waals surface area contributed by atoms with Crippen LogP contribution in [0.1, 0.15) is 37.8 Å². The van der Waals surface area contributed by atoms with E-state index in [4.69, 9.17) is 0 Å². The number of aromatic nitrogens is 3. The second-order valence-electron chi connectivity index (χ2n) is 7.14. The van der Waals surface area contributed by atoms with Crippen LogP contribution in [0.4, 0.5) is 0 Å². The van der Waals surface area contributed by atoms with Gasteiger partial charge in [-0.1, -0.05) is 43.7 Å². The Hall–Kier alpha value is -2.17. The third-order valence-corrected chi connectivity index (χ3v) is 5.01. The molecule has 1 amide bonds. The lowest BCUT2D eigenvalue weighted by molar-refractivity contribution is -0.124. The van der Waals surface area contributed by atoms with Gasteiger partial charge in [-0.2, -0.15) is 0 Å². The summed E-state index contributed by atoms with van der Waals surface area (Å²) in [6.45, 7) is 7.89. The van der Waals surface area contributed by atoms with Gasteiger partial charge in [-0.3, -0.25) is 4.79 Å². The average Bonchev–Trinajstić information content (AvgIpc) is 2.88. The van der Waals surface area contributed by atoms with Crippen LogP contribution < -0.4 is 5.32 Å². The molecule has 0 aliphatic heterocycles. The van der Waals surface area contributed by atoms with Gasteiger partial charge in [0.25, 0.3) is 0 Å². The third-order valence-electron chi connectivity index (χ3n) is 5.01. The number of hydrogen-bond acceptors (Lipinski definition) is 3. The number of carbonyl (C=O) groups excluding carboxylic acids is 1. The molecule has 5 nitrogen and oxygen atoms in total. The highest BCUT2D eigenvalue weighted by molar-refractivity contribution is 5.93. The van der Waals surface area contributed by atoms with E-state index in [2.05, 4.69) is 60.6 Å². The topological polar surface area (TPSA) is 59.8 Å². The first-order valence-electron chi connectivity index (χ1n) is 8.14. The number of aryl methyl sites for hydroxylation is 2. The molecule has 122 valence electrons. The molecule has 1 N–H and O–H groups in total. The van der Waals surface area contributed by atoms with E-state index in [1.807, 2.05) is 4.57 Å². The summed E-state index contributed by atoms with van der Waals surface area (Å²) in [6, 6.07) is 8.37. The van der Waals surface area contributed by atoms with Crippen molar-refractivity contribution in [2.24, 2.45) is 5.41 Å². The van der Waals surface area contributed by atoms with Gasteiger partial charge in [0.2, 0.25) is 5.91 Å². The van der Waals surface area contributed by atoms with Crippen molar-refractivity contribution in [3.63, 3.8) is 0 Å². The molecule has 1 fully saturated rings. The van der Waals surface area contributed by atoms with E-state index in [0.29, 0.717) is 6.54 Å². The van der Waals surface area contributed by atoms with Crippen LogP contribution in [-0.4, -0.2) is 27.2 Å². The number of benzene rings is 1. The highest BCUT2D eigenvalue weighted by Crippen LogP contribution is 2.64. The molecule has 1 saturated carbocycles. The van der Waals surface area contributed by atoms with Crippen LogP contribution in [0.2, 0.25) is 0 Å². The molecule has 2 aromatic rings. The van der Waals surface area contributed by atoms with Crippen molar-refractivity contribution in [3.8, 4) is 0 Å². The van der Waals surface area contributed by atoms with Gasteiger partial charge >= 0.3 is 0 Å². The van der Waals surface area contributed by atoms with Gasteiger partial charge in [0.05, 0.1) is 5.41 Å². The van der Waals surface area contributed by atoms with E-state index < -0.39 is 0 Å². The summed E-state index contributed by atoms with van der Waals surface area (Å²) in [5, 5.41) is 10.7. The Morgan fingerprint density at radius 1 is 1.22 bits per heavy atom. The quantitative estimate of drug-likeness (QED) is 0.834. The normalized spacial score (nSPS) is 21.9. The van der Waals surface area contributed by atoms with E-state index in [1.54, 1.807) is 12.7 Å². The Balaban J connectivity index is 1.62. The molecule has 0 spiro atoms. The van der Waals surface area contributed by atoms with E-state index >= 15 is 0 Å². The molecular weight excluding hydrogens is 288 g/mol. The fourth-order valence-corrected chi connectivity index (χ4v) is 3.42. The first kappa shape index (κ1) is 15.7. The molecule has 0 radical (unpaired) electrons. The summed E-state index contributed by atoms with van der Waals surface area (Å²) in [4.78, 5) is 12.8. The minimum Gasteiger partial charge on any atom is -0.355 e. The predicted octanol–water partition coefficient (Wildman–Crippen LogP) is 2.46. The lowest BCUT2D eigenvalue weighted by Crippen LogP contribution is -2.38. The van der Waals surface area contributed by atoms with Crippen molar-refractivity contribution < 1.29 is 4.79 Å². The Morgan fingerprint density at radius 2 is 1.83 bits per heavy atom. The monoisotopic (exact) mass is 312 g/mol. The maximum atomic E-state index is 12.8. The molecule has 1 atom stereocenters. The van der Waals surface area contributed by atoms with Gasteiger partial charge in [0, 0.05) is 13.1 Å². The molecule has 0 saturated heterocycles. The van der Waals surface area contributed by atoms with Gasteiger partial charge in [0.15, 0.2) is 0 Å². The van der Waals surface area contributed by atoms with Crippen LogP contribution in [0.5, 0.6) is 0 Å². The zero-order chi connectivity index (χ0) is 16.5. The molecule has 3 rings (SSSR count). The molecule has 23 heavy (non-hydrogen) atoms. The summed E-state index contributed by atoms with van der Waals surface area (Å²) in [5.41, 5.74) is 1.99. The minimum absolute atomic E-state index is 0.0145. The lowest BCUT2D eigenvalue weighted by Gasteiger charge is -2.21. The standard InChI is InChI=1S/C18H24N4O/c1-14-5-7-15(8-6-14)18(11-17(18,2)3)16(23)19-9-4-10-22-12-20-21-13-22/h5-8,12-13H,4,9-11H2,1-3H3,(H,19,23)/t18-/m1/s1. The Labute approximate surface area is 137 Å². The number of carbonyl (C=O) groups is 1. The first-order chi connectivity index (χ1) is 11.0. The second-order valence-corrected chi connectivity index (χ2v) is 7.14. The van der Waals surface area contributed by atoms with Crippen molar-refractivity contribution in [1.29, 1.82) is 0 Å². The van der Waals surface area contributed by atoms with Crippen LogP contribution in [0.15, 0.2) is 36.9 Å². The number of amides is 1. The molecule has 1 aromatic heterocycles. The second kappa shape index (κ2) is 5.80. The van der Waals surface area contributed by atoms with Crippen LogP contribution >= 0.6 is 0 Å². The summed E-state index contributed by atoms with van der Waals surface area (Å²) < 4.78 is 1.92. The number of nitrogens with zero attached hydrogens (tertiary/aromatic N) is 3. The van der Waals surface area contributed by atoms with Crippen molar-refractivity contribution in [1.82, 2.24) is 20.1 Å². The zero-order valence-electron chi connectivity index (χ0n) is 14.0. The molecule has 1 aliphatic carbocycles. The predicted molar refractivity (Wildman–Crippen MR) is 88.9 cm³/mol. The highest BCUT2D eigenvalue weighted by atomic mass is 16.2. The van der Waals surface area contributed by atoms with Crippen molar-refractivity contribution in [3.05, 3.63) is 48.0 Å². The molecular formula is C18H24N4O. The summed E-state index contributed by atoms with van der Waals surface area (Å²) in [5.74, 6) is 0.148. The minimum atomic E-state index is -0.378. The largest absolute Gasteiger partial charge is 0.355 e. The fraction of sp³-hybridized carbons (Fsp3) is 0.500. The van der Waals surface area contributed by atoms with Crippen LogP contribution in [-0.2, 0) is 16.8 Å². The summed E-state index contributed by atoms with van der Waals surface area (Å²) >= 11 is 0. The van der Waals surface area contributed by atoms with E-state index in [9.17, 15) is 4.79 Å². The SMILES string of the molecule is Cc1ccc([C@@]2(C(=O)NCCCn3cnnc3)CC2(C)C)cc1. The molecule has 0 unspecified atom stereocenters. The van der Waals surface area contributed by atoms with Crippen LogP contribution in [0, 0.1) is 12.3 Å². The maximum Gasteiger partial charge on any atom is 0.231 e. The average molecular weight is 312 g/mol. The molecule has 0 bridgehead atoms. The lowest BCUT2D eigenvalue weighted by atomic mass is 9.86. The van der Waals surface area contributed by atoms with Gasteiger partial charge < -0.3 is 9.88 Å². The van der Waals surface area contributed by atoms with Gasteiger partial charge in [-0.15, -0.1) is 10.2 Å². The van der Waals surface area contributed by atoms with Crippen molar-refractivity contribution >= 4 is 5.91 Å². The Morgan fingerprint density at radius 3 is 2.39 bits per heavy atom. The Bertz CT molecular complexity index is 676. The zero-order valence-corrected chi connectivity index (χ0v) is 14.0. The third kappa shape index (κ3) is 2.87. The summed E-state index contributed by atoms with van der Waals surface area (Å²) in [6.07, 6.45) is 5.16. The maximum absolute atomic E-state index is 12.8. The molecule has 1 aromatic carbocycles. The Kier molecular flexibility index (Phi) is 3.96. The molecule has 1 heterocycles. The van der Waals surface area contributed by atoms with E-state index in [-0.39, 0.29) is 16.7 Å². The van der Waals surface area contributed by atoms with Gasteiger partial charge in [-0.25, -0.2) is 0 Å². The van der Waals surface area contributed by atoms with E-state index in [0.717, 1.165) is 24.9 Å². The van der Waals surface area contributed by atoms with Gasteiger partial charge in [-0.05, 0) is 30.7 Å². The molecule has 5 heteroatoms. The van der Waals surface area contributed by atoms with E-state index in [1.165, 1.54) is 5.56 Å². The molecule has 1 aliphatic rings. The number of nitrogens with one attached hydrogen (secondary N) is 1. The van der Waals surface area contributed by atoms with Crippen LogP contribution in [0.3, 0.4) is 0 Å². The van der Waals surface area contributed by atoms with Crippen LogP contribution in [0.25, 0.3) is 0 Å². The van der Waals surface area contributed by atoms with Gasteiger partial charge in [0.1, 0.15) is 12.7 Å². The van der Waals surface area contributed by atoms with Crippen molar-refractivity contribution in [2.45, 2.75) is 45.6 Å². The highest BCUT2D eigenvalue weighted by Gasteiger charge is 2.66. The smallest absolute Gasteiger partial charge is 0.231 e. The first-order valence-corrected chi connectivity index (χ1v) is 8.14. The number of hydrogen-bond donors (Lipinski definition) is 1. The number of rotatable bonds is 6.